The molecule has 0 bridgehead atoms. The summed E-state index contributed by atoms with van der Waals surface area (Å²) in [6, 6.07) is 0. The lowest BCUT2D eigenvalue weighted by Crippen LogP contribution is -2.31. The minimum Gasteiger partial charge on any atom is -0.480 e. The first kappa shape index (κ1) is 12.4. The molecule has 1 fully saturated rings. The minimum absolute atomic E-state index is 0.0466. The van der Waals surface area contributed by atoms with Crippen molar-refractivity contribution in [1.29, 1.82) is 0 Å². The average molecular weight is 235 g/mol. The van der Waals surface area contributed by atoms with E-state index in [0.29, 0.717) is 12.3 Å². The Morgan fingerprint density at radius 1 is 1.33 bits per heavy atom. The van der Waals surface area contributed by atoms with Crippen molar-refractivity contribution in [3.05, 3.63) is 0 Å². The van der Waals surface area contributed by atoms with Crippen LogP contribution in [0.2, 0.25) is 0 Å². The number of carboxylic acid groups (broad SMARTS) is 1. The van der Waals surface area contributed by atoms with Gasteiger partial charge in [-0.25, -0.2) is 13.1 Å². The van der Waals surface area contributed by atoms with Gasteiger partial charge in [-0.2, -0.15) is 0 Å². The lowest BCUT2D eigenvalue weighted by molar-refractivity contribution is -0.135. The van der Waals surface area contributed by atoms with Gasteiger partial charge in [0.2, 0.25) is 10.0 Å². The molecule has 1 saturated carbocycles. The number of sulfonamides is 1. The van der Waals surface area contributed by atoms with Crippen LogP contribution in [-0.2, 0) is 14.8 Å². The quantitative estimate of drug-likeness (QED) is 0.705. The third-order valence-corrected chi connectivity index (χ3v) is 4.07. The van der Waals surface area contributed by atoms with Gasteiger partial charge in [0.1, 0.15) is 6.54 Å². The Kier molecular flexibility index (Phi) is 4.53. The number of nitrogens with one attached hydrogen (secondary N) is 1. The van der Waals surface area contributed by atoms with Crippen LogP contribution >= 0.6 is 0 Å². The summed E-state index contributed by atoms with van der Waals surface area (Å²) in [5, 5.41) is 8.33. The van der Waals surface area contributed by atoms with E-state index in [-0.39, 0.29) is 5.75 Å². The maximum atomic E-state index is 11.3. The Bertz CT molecular complexity index is 306. The van der Waals surface area contributed by atoms with Crippen molar-refractivity contribution in [3.63, 3.8) is 0 Å². The molecule has 88 valence electrons. The molecule has 1 aliphatic rings. The van der Waals surface area contributed by atoms with Gasteiger partial charge in [-0.15, -0.1) is 0 Å². The number of hydrogen-bond acceptors (Lipinski definition) is 3. The molecule has 0 saturated heterocycles. The van der Waals surface area contributed by atoms with Gasteiger partial charge < -0.3 is 5.11 Å². The van der Waals surface area contributed by atoms with Gasteiger partial charge in [0.15, 0.2) is 0 Å². The molecule has 0 unspecified atom stereocenters. The van der Waals surface area contributed by atoms with E-state index in [1.54, 1.807) is 0 Å². The molecule has 0 atom stereocenters. The molecule has 1 rings (SSSR count). The van der Waals surface area contributed by atoms with Crippen molar-refractivity contribution >= 4 is 16.0 Å². The van der Waals surface area contributed by atoms with Crippen LogP contribution < -0.4 is 4.72 Å². The molecule has 5 nitrogen and oxygen atoms in total. The van der Waals surface area contributed by atoms with E-state index >= 15 is 0 Å². The van der Waals surface area contributed by atoms with E-state index in [9.17, 15) is 13.2 Å². The van der Waals surface area contributed by atoms with E-state index in [2.05, 4.69) is 4.72 Å². The van der Waals surface area contributed by atoms with Crippen molar-refractivity contribution in [2.45, 2.75) is 32.1 Å². The van der Waals surface area contributed by atoms with Gasteiger partial charge in [0.05, 0.1) is 5.75 Å². The van der Waals surface area contributed by atoms with Crippen LogP contribution in [0.4, 0.5) is 0 Å². The predicted octanol–water partition coefficient (Wildman–Crippen LogP) is 0.571. The van der Waals surface area contributed by atoms with E-state index in [1.165, 1.54) is 12.8 Å². The zero-order chi connectivity index (χ0) is 11.3. The van der Waals surface area contributed by atoms with E-state index < -0.39 is 22.5 Å². The zero-order valence-electron chi connectivity index (χ0n) is 8.61. The van der Waals surface area contributed by atoms with E-state index in [0.717, 1.165) is 12.8 Å². The highest BCUT2D eigenvalue weighted by Gasteiger charge is 2.19. The second kappa shape index (κ2) is 5.46. The number of carboxylic acids is 1. The first-order valence-corrected chi connectivity index (χ1v) is 6.84. The van der Waals surface area contributed by atoms with Gasteiger partial charge in [-0.1, -0.05) is 25.7 Å². The molecular weight excluding hydrogens is 218 g/mol. The Balaban J connectivity index is 2.26. The zero-order valence-corrected chi connectivity index (χ0v) is 9.42. The van der Waals surface area contributed by atoms with Gasteiger partial charge in [0.25, 0.3) is 0 Å². The summed E-state index contributed by atoms with van der Waals surface area (Å²) in [5.74, 6) is -0.601. The third kappa shape index (κ3) is 5.13. The fraction of sp³-hybridized carbons (Fsp3) is 0.889. The molecular formula is C9H17NO4S. The van der Waals surface area contributed by atoms with Gasteiger partial charge in [0, 0.05) is 0 Å². The SMILES string of the molecule is O=C(O)CNS(=O)(=O)CCC1CCCC1. The van der Waals surface area contributed by atoms with Crippen LogP contribution in [0, 0.1) is 5.92 Å². The summed E-state index contributed by atoms with van der Waals surface area (Å²) >= 11 is 0. The van der Waals surface area contributed by atoms with Crippen LogP contribution in [0.1, 0.15) is 32.1 Å². The summed E-state index contributed by atoms with van der Waals surface area (Å²) in [6.07, 6.45) is 5.23. The van der Waals surface area contributed by atoms with Crippen molar-refractivity contribution < 1.29 is 18.3 Å². The monoisotopic (exact) mass is 235 g/mol. The van der Waals surface area contributed by atoms with Gasteiger partial charge in [-0.05, 0) is 12.3 Å². The Hall–Kier alpha value is -0.620. The Morgan fingerprint density at radius 2 is 1.93 bits per heavy atom. The highest BCUT2D eigenvalue weighted by atomic mass is 32.2. The normalized spacial score (nSPS) is 18.1. The largest absolute Gasteiger partial charge is 0.480 e. The number of rotatable bonds is 6. The first-order chi connectivity index (χ1) is 6.99. The van der Waals surface area contributed by atoms with Crippen LogP contribution in [0.25, 0.3) is 0 Å². The van der Waals surface area contributed by atoms with Crippen LogP contribution in [-0.4, -0.2) is 31.8 Å². The fourth-order valence-electron chi connectivity index (χ4n) is 1.86. The smallest absolute Gasteiger partial charge is 0.318 e. The van der Waals surface area contributed by atoms with Crippen molar-refractivity contribution in [2.24, 2.45) is 5.92 Å². The standard InChI is InChI=1S/C9H17NO4S/c11-9(12)7-10-15(13,14)6-5-8-3-1-2-4-8/h8,10H,1-7H2,(H,11,12). The minimum atomic E-state index is -3.39. The second-order valence-electron chi connectivity index (χ2n) is 3.97. The highest BCUT2D eigenvalue weighted by molar-refractivity contribution is 7.89. The van der Waals surface area contributed by atoms with Crippen LogP contribution in [0.3, 0.4) is 0 Å². The topological polar surface area (TPSA) is 83.5 Å². The van der Waals surface area contributed by atoms with Gasteiger partial charge >= 0.3 is 5.97 Å². The number of carbonyl (C=O) groups is 1. The van der Waals surface area contributed by atoms with Crippen molar-refractivity contribution in [1.82, 2.24) is 4.72 Å². The molecule has 0 aromatic rings. The molecule has 1 aliphatic carbocycles. The average Bonchev–Trinajstić information content (AvgIpc) is 2.65. The molecule has 2 N–H and O–H groups in total. The molecule has 6 heteroatoms. The second-order valence-corrected chi connectivity index (χ2v) is 5.90. The molecule has 0 amide bonds. The number of aliphatic carboxylic acids is 1. The summed E-state index contributed by atoms with van der Waals surface area (Å²) in [6.45, 7) is -0.521. The maximum Gasteiger partial charge on any atom is 0.318 e. The van der Waals surface area contributed by atoms with Gasteiger partial charge in [-0.3, -0.25) is 4.79 Å². The molecule has 0 spiro atoms. The molecule has 0 aromatic heterocycles. The molecule has 0 radical (unpaired) electrons. The lowest BCUT2D eigenvalue weighted by atomic mass is 10.1. The third-order valence-electron chi connectivity index (χ3n) is 2.71. The Morgan fingerprint density at radius 3 is 2.47 bits per heavy atom. The summed E-state index contributed by atoms with van der Waals surface area (Å²) in [5.41, 5.74) is 0. The summed E-state index contributed by atoms with van der Waals surface area (Å²) in [4.78, 5) is 10.2. The first-order valence-electron chi connectivity index (χ1n) is 5.19. The Labute approximate surface area is 89.9 Å². The predicted molar refractivity (Wildman–Crippen MR) is 56.0 cm³/mol. The lowest BCUT2D eigenvalue weighted by Gasteiger charge is -2.09. The molecule has 0 aromatic carbocycles. The summed E-state index contributed by atoms with van der Waals surface area (Å²) < 4.78 is 24.7. The highest BCUT2D eigenvalue weighted by Crippen LogP contribution is 2.27. The van der Waals surface area contributed by atoms with Crippen molar-refractivity contribution in [2.75, 3.05) is 12.3 Å². The summed E-state index contributed by atoms with van der Waals surface area (Å²) in [7, 11) is -3.39. The molecule has 0 heterocycles. The maximum absolute atomic E-state index is 11.3. The van der Waals surface area contributed by atoms with E-state index in [1.807, 2.05) is 0 Å². The molecule has 15 heavy (non-hydrogen) atoms. The van der Waals surface area contributed by atoms with E-state index in [4.69, 9.17) is 5.11 Å². The fourth-order valence-corrected chi connectivity index (χ4v) is 3.00. The van der Waals surface area contributed by atoms with Crippen LogP contribution in [0.5, 0.6) is 0 Å². The van der Waals surface area contributed by atoms with Crippen molar-refractivity contribution in [3.8, 4) is 0 Å². The van der Waals surface area contributed by atoms with Crippen LogP contribution in [0.15, 0.2) is 0 Å². The number of hydrogen-bond donors (Lipinski definition) is 2. The molecule has 0 aliphatic heterocycles.